The molecule has 0 spiro atoms. The molecule has 0 aliphatic rings. The van der Waals surface area contributed by atoms with E-state index in [9.17, 15) is 0 Å². The van der Waals surface area contributed by atoms with Crippen molar-refractivity contribution in [3.63, 3.8) is 0 Å². The van der Waals surface area contributed by atoms with E-state index in [-0.39, 0.29) is 0 Å². The number of rotatable bonds is 28. The van der Waals surface area contributed by atoms with Crippen LogP contribution in [0.15, 0.2) is 91.0 Å². The number of ether oxygens (including phenoxy) is 6. The van der Waals surface area contributed by atoms with Crippen molar-refractivity contribution >= 4 is 0 Å². The summed E-state index contributed by atoms with van der Waals surface area (Å²) in [6, 6.07) is 31.1. The van der Waals surface area contributed by atoms with Crippen LogP contribution in [0.1, 0.15) is 75.0 Å². The third-order valence-electron chi connectivity index (χ3n) is 7.72. The summed E-state index contributed by atoms with van der Waals surface area (Å²) in [6.07, 6.45) is 10.5. The molecule has 6 nitrogen and oxygen atoms in total. The van der Waals surface area contributed by atoms with Gasteiger partial charge in [-0.1, -0.05) is 143 Å². The Labute approximate surface area is 272 Å². The first-order valence-electron chi connectivity index (χ1n) is 17.1. The van der Waals surface area contributed by atoms with Crippen LogP contribution in [-0.4, -0.2) is 72.7 Å². The van der Waals surface area contributed by atoms with E-state index in [2.05, 4.69) is 79.7 Å². The van der Waals surface area contributed by atoms with Gasteiger partial charge in [0, 0.05) is 6.61 Å². The van der Waals surface area contributed by atoms with Crippen LogP contribution in [0.3, 0.4) is 0 Å². The zero-order chi connectivity index (χ0) is 31.5. The number of hydrogen-bond donors (Lipinski definition) is 0. The van der Waals surface area contributed by atoms with E-state index in [4.69, 9.17) is 28.4 Å². The van der Waals surface area contributed by atoms with Gasteiger partial charge < -0.3 is 28.4 Å². The molecule has 0 amide bonds. The maximum absolute atomic E-state index is 6.73. The second kappa shape index (κ2) is 24.6. The van der Waals surface area contributed by atoms with Crippen molar-refractivity contribution in [3.05, 3.63) is 108 Å². The molecule has 0 bridgehead atoms. The Morgan fingerprint density at radius 3 is 1.04 bits per heavy atom. The van der Waals surface area contributed by atoms with Crippen LogP contribution in [-0.2, 0) is 34.0 Å². The highest BCUT2D eigenvalue weighted by Gasteiger charge is 2.37. The first kappa shape index (κ1) is 36.9. The van der Waals surface area contributed by atoms with Gasteiger partial charge in [0.2, 0.25) is 0 Å². The van der Waals surface area contributed by atoms with Crippen molar-refractivity contribution in [1.82, 2.24) is 0 Å². The first-order chi connectivity index (χ1) is 22.4. The van der Waals surface area contributed by atoms with Crippen molar-refractivity contribution in [2.45, 2.75) is 63.9 Å². The molecule has 0 aliphatic carbocycles. The van der Waals surface area contributed by atoms with Crippen LogP contribution in [0.2, 0.25) is 0 Å². The minimum atomic E-state index is -0.731. The van der Waals surface area contributed by atoms with Crippen LogP contribution in [0.5, 0.6) is 0 Å². The predicted molar refractivity (Wildman–Crippen MR) is 182 cm³/mol. The van der Waals surface area contributed by atoms with E-state index < -0.39 is 5.60 Å². The summed E-state index contributed by atoms with van der Waals surface area (Å²) in [5.74, 6) is 0. The number of unbranched alkanes of at least 4 members (excludes halogenated alkanes) is 7. The minimum Gasteiger partial charge on any atom is -0.379 e. The average Bonchev–Trinajstić information content (AvgIpc) is 3.09. The molecule has 0 heterocycles. The Morgan fingerprint density at radius 1 is 0.356 bits per heavy atom. The molecule has 0 atom stereocenters. The normalized spacial score (nSPS) is 11.7. The summed E-state index contributed by atoms with van der Waals surface area (Å²) in [5.41, 5.74) is 2.51. The topological polar surface area (TPSA) is 55.4 Å². The van der Waals surface area contributed by atoms with Gasteiger partial charge in [-0.2, -0.15) is 0 Å². The van der Waals surface area contributed by atoms with Gasteiger partial charge in [-0.05, 0) is 23.1 Å². The Morgan fingerprint density at radius 2 is 0.667 bits per heavy atom. The summed E-state index contributed by atoms with van der Waals surface area (Å²) < 4.78 is 35.1. The smallest absolute Gasteiger partial charge is 0.143 e. The molecule has 0 aliphatic heterocycles. The van der Waals surface area contributed by atoms with Gasteiger partial charge in [0.25, 0.3) is 0 Å². The molecule has 0 saturated carbocycles. The van der Waals surface area contributed by atoms with Crippen LogP contribution < -0.4 is 0 Å². The van der Waals surface area contributed by atoms with E-state index in [1.807, 2.05) is 18.2 Å². The van der Waals surface area contributed by atoms with Gasteiger partial charge in [0.15, 0.2) is 0 Å². The molecule has 6 heteroatoms. The van der Waals surface area contributed by atoms with E-state index in [1.54, 1.807) is 0 Å². The number of hydrogen-bond acceptors (Lipinski definition) is 6. The average molecular weight is 621 g/mol. The van der Waals surface area contributed by atoms with Crippen LogP contribution in [0, 0.1) is 0 Å². The fourth-order valence-corrected chi connectivity index (χ4v) is 5.34. The molecule has 0 saturated heterocycles. The SMILES string of the molecule is CCCCCCCCCCOCCOCCOCCOCCOCCOC(c1ccccc1)(c1ccccc1)c1ccccc1. The summed E-state index contributed by atoms with van der Waals surface area (Å²) >= 11 is 0. The highest BCUT2D eigenvalue weighted by atomic mass is 16.6. The fourth-order valence-electron chi connectivity index (χ4n) is 5.34. The minimum absolute atomic E-state index is 0.437. The monoisotopic (exact) mass is 620 g/mol. The van der Waals surface area contributed by atoms with Gasteiger partial charge in [-0.3, -0.25) is 0 Å². The molecule has 45 heavy (non-hydrogen) atoms. The highest BCUT2D eigenvalue weighted by molar-refractivity contribution is 5.47. The lowest BCUT2D eigenvalue weighted by atomic mass is 9.80. The molecular formula is C39H56O6. The van der Waals surface area contributed by atoms with Crippen LogP contribution >= 0.6 is 0 Å². The zero-order valence-corrected chi connectivity index (χ0v) is 27.5. The lowest BCUT2D eigenvalue weighted by Gasteiger charge is -2.36. The second-order valence-corrected chi connectivity index (χ2v) is 11.2. The lowest BCUT2D eigenvalue weighted by molar-refractivity contribution is -0.0391. The molecule has 0 aromatic heterocycles. The lowest BCUT2D eigenvalue weighted by Crippen LogP contribution is -2.34. The van der Waals surface area contributed by atoms with Crippen molar-refractivity contribution in [3.8, 4) is 0 Å². The third kappa shape index (κ3) is 14.6. The van der Waals surface area contributed by atoms with Crippen molar-refractivity contribution in [2.24, 2.45) is 0 Å². The van der Waals surface area contributed by atoms with E-state index in [1.165, 1.54) is 44.9 Å². The quantitative estimate of drug-likeness (QED) is 0.0602. The van der Waals surface area contributed by atoms with Gasteiger partial charge >= 0.3 is 0 Å². The van der Waals surface area contributed by atoms with Crippen molar-refractivity contribution < 1.29 is 28.4 Å². The van der Waals surface area contributed by atoms with Gasteiger partial charge in [-0.25, -0.2) is 0 Å². The molecule has 0 N–H and O–H groups in total. The van der Waals surface area contributed by atoms with Crippen molar-refractivity contribution in [1.29, 1.82) is 0 Å². The largest absolute Gasteiger partial charge is 0.379 e. The summed E-state index contributed by atoms with van der Waals surface area (Å²) in [5, 5.41) is 0. The molecule has 3 aromatic rings. The maximum Gasteiger partial charge on any atom is 0.143 e. The second-order valence-electron chi connectivity index (χ2n) is 11.2. The van der Waals surface area contributed by atoms with Crippen LogP contribution in [0.25, 0.3) is 0 Å². The van der Waals surface area contributed by atoms with Gasteiger partial charge in [-0.15, -0.1) is 0 Å². The Balaban J connectivity index is 1.19. The maximum atomic E-state index is 6.73. The Bertz CT molecular complexity index is 966. The molecule has 0 unspecified atom stereocenters. The van der Waals surface area contributed by atoms with Gasteiger partial charge in [0.05, 0.1) is 66.1 Å². The molecule has 248 valence electrons. The molecular weight excluding hydrogens is 564 g/mol. The Hall–Kier alpha value is -2.58. The van der Waals surface area contributed by atoms with Crippen LogP contribution in [0.4, 0.5) is 0 Å². The Kier molecular flexibility index (Phi) is 20.2. The summed E-state index contributed by atoms with van der Waals surface area (Å²) in [4.78, 5) is 0. The number of benzene rings is 3. The van der Waals surface area contributed by atoms with E-state index >= 15 is 0 Å². The van der Waals surface area contributed by atoms with E-state index in [0.29, 0.717) is 66.1 Å². The third-order valence-corrected chi connectivity index (χ3v) is 7.72. The molecule has 3 rings (SSSR count). The standard InChI is InChI=1S/C39H56O6/c1-2-3-4-5-6-7-8-18-25-40-26-27-41-28-29-42-30-31-43-32-33-44-34-35-45-39(36-19-12-9-13-20-36,37-21-14-10-15-22-37)38-23-16-11-17-24-38/h9-17,19-24H,2-8,18,25-35H2,1H3. The molecule has 0 radical (unpaired) electrons. The summed E-state index contributed by atoms with van der Waals surface area (Å²) in [7, 11) is 0. The summed E-state index contributed by atoms with van der Waals surface area (Å²) in [6.45, 7) is 8.46. The predicted octanol–water partition coefficient (Wildman–Crippen LogP) is 8.22. The highest BCUT2D eigenvalue weighted by Crippen LogP contribution is 2.40. The zero-order valence-electron chi connectivity index (χ0n) is 27.5. The molecule has 3 aromatic carbocycles. The fraction of sp³-hybridized carbons (Fsp3) is 0.538. The first-order valence-corrected chi connectivity index (χ1v) is 17.1. The van der Waals surface area contributed by atoms with E-state index in [0.717, 1.165) is 29.7 Å². The van der Waals surface area contributed by atoms with Crippen molar-refractivity contribution in [2.75, 3.05) is 72.7 Å². The molecule has 0 fully saturated rings. The van der Waals surface area contributed by atoms with Gasteiger partial charge in [0.1, 0.15) is 5.60 Å².